The monoisotopic (exact) mass is 297 g/mol. The number of hydrogen-bond acceptors (Lipinski definition) is 2. The lowest BCUT2D eigenvalue weighted by molar-refractivity contribution is -0.137. The van der Waals surface area contributed by atoms with Crippen molar-refractivity contribution in [1.82, 2.24) is 9.55 Å². The van der Waals surface area contributed by atoms with Gasteiger partial charge in [-0.1, -0.05) is 26.0 Å². The Bertz CT molecular complexity index is 625. The van der Waals surface area contributed by atoms with Gasteiger partial charge in [-0.2, -0.15) is 13.2 Å². The highest BCUT2D eigenvalue weighted by atomic mass is 19.4. The first-order valence-electron chi connectivity index (χ1n) is 6.70. The molecule has 0 amide bonds. The van der Waals surface area contributed by atoms with Gasteiger partial charge in [0.05, 0.1) is 5.56 Å². The van der Waals surface area contributed by atoms with E-state index >= 15 is 0 Å². The highest BCUT2D eigenvalue weighted by molar-refractivity contribution is 5.71. The summed E-state index contributed by atoms with van der Waals surface area (Å²) in [4.78, 5) is 4.38. The van der Waals surface area contributed by atoms with Crippen LogP contribution in [0.15, 0.2) is 24.3 Å². The van der Waals surface area contributed by atoms with Crippen LogP contribution in [-0.4, -0.2) is 9.55 Å². The maximum Gasteiger partial charge on any atom is 0.416 e. The molecule has 1 heterocycles. The number of halogens is 3. The van der Waals surface area contributed by atoms with E-state index in [1.54, 1.807) is 0 Å². The molecule has 0 aliphatic carbocycles. The summed E-state index contributed by atoms with van der Waals surface area (Å²) in [6.07, 6.45) is -4.34. The van der Waals surface area contributed by atoms with Gasteiger partial charge in [0.15, 0.2) is 0 Å². The molecule has 2 N–H and O–H groups in total. The Morgan fingerprint density at radius 3 is 2.24 bits per heavy atom. The van der Waals surface area contributed by atoms with Crippen LogP contribution in [0, 0.1) is 12.8 Å². The molecule has 0 aliphatic rings. The number of aryl methyl sites for hydroxylation is 1. The van der Waals surface area contributed by atoms with Crippen molar-refractivity contribution < 1.29 is 13.2 Å². The minimum Gasteiger partial charge on any atom is -0.383 e. The van der Waals surface area contributed by atoms with Crippen LogP contribution in [0.25, 0.3) is 11.3 Å². The highest BCUT2D eigenvalue weighted by Crippen LogP contribution is 2.32. The largest absolute Gasteiger partial charge is 0.416 e. The molecule has 3 nitrogen and oxygen atoms in total. The molecule has 0 aliphatic heterocycles. The summed E-state index contributed by atoms with van der Waals surface area (Å²) >= 11 is 0. The number of nitrogens with two attached hydrogens (primary N) is 1. The van der Waals surface area contributed by atoms with Gasteiger partial charge in [-0.15, -0.1) is 0 Å². The summed E-state index contributed by atoms with van der Waals surface area (Å²) in [6.45, 7) is 6.70. The maximum absolute atomic E-state index is 12.6. The van der Waals surface area contributed by atoms with E-state index in [2.05, 4.69) is 18.8 Å². The van der Waals surface area contributed by atoms with Crippen LogP contribution in [0.2, 0.25) is 0 Å². The lowest BCUT2D eigenvalue weighted by atomic mass is 10.1. The fourth-order valence-corrected chi connectivity index (χ4v) is 2.21. The Labute approximate surface area is 121 Å². The van der Waals surface area contributed by atoms with Gasteiger partial charge in [0.2, 0.25) is 0 Å². The molecule has 0 fully saturated rings. The molecule has 0 radical (unpaired) electrons. The number of nitrogens with zero attached hydrogens (tertiary/aromatic N) is 2. The molecule has 2 rings (SSSR count). The molecule has 0 atom stereocenters. The minimum absolute atomic E-state index is 0.403. The summed E-state index contributed by atoms with van der Waals surface area (Å²) in [5.74, 6) is 1.65. The average molecular weight is 297 g/mol. The van der Waals surface area contributed by atoms with Crippen molar-refractivity contribution in [2.75, 3.05) is 5.73 Å². The lowest BCUT2D eigenvalue weighted by Gasteiger charge is -2.10. The zero-order valence-corrected chi connectivity index (χ0v) is 12.2. The zero-order chi connectivity index (χ0) is 15.8. The number of anilines is 1. The van der Waals surface area contributed by atoms with E-state index in [9.17, 15) is 13.2 Å². The smallest absolute Gasteiger partial charge is 0.383 e. The maximum atomic E-state index is 12.6. The summed E-state index contributed by atoms with van der Waals surface area (Å²) in [7, 11) is 0. The molecule has 1 aromatic carbocycles. The van der Waals surface area contributed by atoms with Crippen molar-refractivity contribution in [2.45, 2.75) is 33.5 Å². The second-order valence-corrected chi connectivity index (χ2v) is 5.47. The second kappa shape index (κ2) is 5.42. The molecule has 6 heteroatoms. The predicted molar refractivity (Wildman–Crippen MR) is 76.7 cm³/mol. The average Bonchev–Trinajstić information content (AvgIpc) is 2.65. The number of nitrogen functional groups attached to an aromatic ring is 1. The van der Waals surface area contributed by atoms with Crippen LogP contribution in [-0.2, 0) is 12.7 Å². The standard InChI is InChI=1S/C15H18F3N3/c1-9(2)8-21-10(3)20-13(14(21)19)11-4-6-12(7-5-11)15(16,17)18/h4-7,9H,8,19H2,1-3H3. The normalized spacial score (nSPS) is 12.1. The Kier molecular flexibility index (Phi) is 3.98. The third-order valence-corrected chi connectivity index (χ3v) is 3.23. The van der Waals surface area contributed by atoms with Crippen molar-refractivity contribution >= 4 is 5.82 Å². The van der Waals surface area contributed by atoms with Gasteiger partial charge in [-0.05, 0) is 25.0 Å². The molecule has 21 heavy (non-hydrogen) atoms. The fraction of sp³-hybridized carbons (Fsp3) is 0.400. The molecular formula is C15H18F3N3. The zero-order valence-electron chi connectivity index (χ0n) is 12.2. The first-order chi connectivity index (χ1) is 9.70. The van der Waals surface area contributed by atoms with Crippen LogP contribution < -0.4 is 5.73 Å². The highest BCUT2D eigenvalue weighted by Gasteiger charge is 2.30. The number of imidazole rings is 1. The van der Waals surface area contributed by atoms with E-state index in [1.807, 2.05) is 11.5 Å². The predicted octanol–water partition coefficient (Wildman–Crippen LogP) is 4.12. The lowest BCUT2D eigenvalue weighted by Crippen LogP contribution is -2.09. The van der Waals surface area contributed by atoms with E-state index in [-0.39, 0.29) is 0 Å². The van der Waals surface area contributed by atoms with Crippen molar-refractivity contribution in [2.24, 2.45) is 5.92 Å². The molecule has 0 unspecified atom stereocenters. The first-order valence-corrected chi connectivity index (χ1v) is 6.70. The second-order valence-electron chi connectivity index (χ2n) is 5.47. The van der Waals surface area contributed by atoms with E-state index in [0.717, 1.165) is 24.5 Å². The van der Waals surface area contributed by atoms with E-state index in [4.69, 9.17) is 5.73 Å². The molecule has 0 bridgehead atoms. The quantitative estimate of drug-likeness (QED) is 0.926. The van der Waals surface area contributed by atoms with Gasteiger partial charge < -0.3 is 10.3 Å². The van der Waals surface area contributed by atoms with E-state index in [1.165, 1.54) is 12.1 Å². The van der Waals surface area contributed by atoms with Gasteiger partial charge >= 0.3 is 6.18 Å². The molecule has 114 valence electrons. The Morgan fingerprint density at radius 2 is 1.76 bits per heavy atom. The van der Waals surface area contributed by atoms with Gasteiger partial charge in [0, 0.05) is 12.1 Å². The third-order valence-electron chi connectivity index (χ3n) is 3.23. The van der Waals surface area contributed by atoms with Crippen molar-refractivity contribution in [3.8, 4) is 11.3 Å². The molecule has 0 spiro atoms. The molecule has 2 aromatic rings. The van der Waals surface area contributed by atoms with Gasteiger partial charge in [-0.3, -0.25) is 0 Å². The number of alkyl halides is 3. The first kappa shape index (κ1) is 15.4. The van der Waals surface area contributed by atoms with Crippen LogP contribution in [0.1, 0.15) is 25.2 Å². The number of hydrogen-bond donors (Lipinski definition) is 1. The SMILES string of the molecule is Cc1nc(-c2ccc(C(F)(F)F)cc2)c(N)n1CC(C)C. The minimum atomic E-state index is -4.34. The van der Waals surface area contributed by atoms with Crippen LogP contribution >= 0.6 is 0 Å². The van der Waals surface area contributed by atoms with Crippen molar-refractivity contribution in [3.63, 3.8) is 0 Å². The van der Waals surface area contributed by atoms with Gasteiger partial charge in [-0.25, -0.2) is 4.98 Å². The van der Waals surface area contributed by atoms with Gasteiger partial charge in [0.1, 0.15) is 17.3 Å². The molecule has 0 saturated heterocycles. The van der Waals surface area contributed by atoms with Crippen molar-refractivity contribution in [3.05, 3.63) is 35.7 Å². The van der Waals surface area contributed by atoms with E-state index in [0.29, 0.717) is 23.0 Å². The number of aromatic nitrogens is 2. The third kappa shape index (κ3) is 3.20. The summed E-state index contributed by atoms with van der Waals surface area (Å²) < 4.78 is 39.6. The van der Waals surface area contributed by atoms with Crippen LogP contribution in [0.5, 0.6) is 0 Å². The molecule has 0 saturated carbocycles. The Morgan fingerprint density at radius 1 is 1.19 bits per heavy atom. The van der Waals surface area contributed by atoms with E-state index < -0.39 is 11.7 Å². The summed E-state index contributed by atoms with van der Waals surface area (Å²) in [5.41, 5.74) is 6.53. The van der Waals surface area contributed by atoms with Crippen molar-refractivity contribution in [1.29, 1.82) is 0 Å². The Hall–Kier alpha value is -1.98. The summed E-state index contributed by atoms with van der Waals surface area (Å²) in [5, 5.41) is 0. The number of benzene rings is 1. The van der Waals surface area contributed by atoms with Crippen LogP contribution in [0.3, 0.4) is 0 Å². The number of rotatable bonds is 3. The van der Waals surface area contributed by atoms with Crippen LogP contribution in [0.4, 0.5) is 19.0 Å². The molecular weight excluding hydrogens is 279 g/mol. The molecule has 1 aromatic heterocycles. The fourth-order valence-electron chi connectivity index (χ4n) is 2.21. The topological polar surface area (TPSA) is 43.8 Å². The summed E-state index contributed by atoms with van der Waals surface area (Å²) in [6, 6.07) is 4.90. The Balaban J connectivity index is 2.39. The van der Waals surface area contributed by atoms with Gasteiger partial charge in [0.25, 0.3) is 0 Å².